The summed E-state index contributed by atoms with van der Waals surface area (Å²) in [5, 5.41) is 24.0. The molecule has 2 saturated carbocycles. The number of fused-ring (bicyclic) bond motifs is 5. The normalized spacial score (nSPS) is 43.7. The Bertz CT molecular complexity index is 1420. The molecule has 0 amide bonds. The van der Waals surface area contributed by atoms with Crippen LogP contribution in [0.2, 0.25) is 0 Å². The van der Waals surface area contributed by atoms with E-state index in [1.165, 1.54) is 18.6 Å². The molecule has 3 aliphatic carbocycles. The van der Waals surface area contributed by atoms with E-state index in [1.807, 2.05) is 13.0 Å². The van der Waals surface area contributed by atoms with Crippen LogP contribution in [0.4, 0.5) is 0 Å². The Hall–Kier alpha value is -3.28. The molecule has 2 N–H and O–H groups in total. The molecule has 2 bridgehead atoms. The molecule has 6 rings (SSSR count). The minimum Gasteiger partial charge on any atom is -0.472 e. The Balaban J connectivity index is 1.59. The zero-order valence-corrected chi connectivity index (χ0v) is 24.4. The lowest BCUT2D eigenvalue weighted by Gasteiger charge is -2.64. The minimum atomic E-state index is -2.36. The second-order valence-electron chi connectivity index (χ2n) is 13.2. The fourth-order valence-corrected chi connectivity index (χ4v) is 9.20. The van der Waals surface area contributed by atoms with Crippen LogP contribution in [0.25, 0.3) is 0 Å². The first-order chi connectivity index (χ1) is 19.7. The maximum atomic E-state index is 14.6. The van der Waals surface area contributed by atoms with Crippen molar-refractivity contribution in [1.29, 1.82) is 0 Å². The van der Waals surface area contributed by atoms with E-state index < -0.39 is 87.4 Å². The van der Waals surface area contributed by atoms with Crippen LogP contribution in [0, 0.1) is 28.1 Å². The molecule has 5 aliphatic rings. The van der Waals surface area contributed by atoms with E-state index in [4.69, 9.17) is 23.4 Å². The van der Waals surface area contributed by atoms with Gasteiger partial charge >= 0.3 is 17.9 Å². The first kappa shape index (κ1) is 28.8. The van der Waals surface area contributed by atoms with Gasteiger partial charge in [0.25, 0.3) is 0 Å². The molecular formula is C31H36O11. The number of epoxide rings is 1. The van der Waals surface area contributed by atoms with E-state index in [-0.39, 0.29) is 6.42 Å². The lowest BCUT2D eigenvalue weighted by atomic mass is 9.38. The zero-order chi connectivity index (χ0) is 30.6. The van der Waals surface area contributed by atoms with Crippen molar-refractivity contribution in [3.63, 3.8) is 0 Å². The number of hydrogen-bond acceptors (Lipinski definition) is 11. The number of carbonyl (C=O) groups is 4. The van der Waals surface area contributed by atoms with E-state index in [9.17, 15) is 29.4 Å². The second-order valence-corrected chi connectivity index (χ2v) is 13.2. The van der Waals surface area contributed by atoms with Crippen LogP contribution in [-0.2, 0) is 38.1 Å². The first-order valence-corrected chi connectivity index (χ1v) is 14.1. The summed E-state index contributed by atoms with van der Waals surface area (Å²) in [6.45, 7) is 8.46. The van der Waals surface area contributed by atoms with E-state index in [0.29, 0.717) is 17.6 Å². The van der Waals surface area contributed by atoms with E-state index in [2.05, 4.69) is 0 Å². The Morgan fingerprint density at radius 1 is 1.19 bits per heavy atom. The number of methoxy groups -OCH3 is 1. The van der Waals surface area contributed by atoms with Crippen LogP contribution in [0.3, 0.4) is 0 Å². The molecule has 2 aliphatic heterocycles. The van der Waals surface area contributed by atoms with Crippen molar-refractivity contribution < 1.29 is 52.8 Å². The number of esters is 3. The van der Waals surface area contributed by atoms with Crippen molar-refractivity contribution in [2.45, 2.75) is 83.1 Å². The van der Waals surface area contributed by atoms with E-state index in [0.717, 1.165) is 13.2 Å². The molecule has 226 valence electrons. The Morgan fingerprint density at radius 2 is 1.90 bits per heavy atom. The summed E-state index contributed by atoms with van der Waals surface area (Å²) in [7, 11) is 1.13. The van der Waals surface area contributed by atoms with Crippen molar-refractivity contribution in [2.24, 2.45) is 28.1 Å². The summed E-state index contributed by atoms with van der Waals surface area (Å²) in [5.74, 6) is -4.75. The summed E-state index contributed by atoms with van der Waals surface area (Å²) in [4.78, 5) is 53.5. The molecule has 1 aromatic rings. The van der Waals surface area contributed by atoms with Gasteiger partial charge in [0.2, 0.25) is 0 Å². The lowest BCUT2D eigenvalue weighted by Crippen LogP contribution is -2.79. The summed E-state index contributed by atoms with van der Waals surface area (Å²) in [6.07, 6.45) is 2.63. The van der Waals surface area contributed by atoms with Crippen LogP contribution in [-0.4, -0.2) is 70.5 Å². The highest BCUT2D eigenvalue weighted by Gasteiger charge is 2.89. The van der Waals surface area contributed by atoms with Gasteiger partial charge in [-0.05, 0) is 31.9 Å². The van der Waals surface area contributed by atoms with Crippen LogP contribution in [0.15, 0.2) is 46.8 Å². The number of rotatable bonds is 5. The summed E-state index contributed by atoms with van der Waals surface area (Å²) in [5.41, 5.74) is -6.26. The van der Waals surface area contributed by atoms with Crippen molar-refractivity contribution >= 4 is 23.7 Å². The van der Waals surface area contributed by atoms with Crippen molar-refractivity contribution in [3.8, 4) is 0 Å². The number of aliphatic hydroxyl groups is 2. The van der Waals surface area contributed by atoms with Gasteiger partial charge in [-0.2, -0.15) is 0 Å². The van der Waals surface area contributed by atoms with Crippen LogP contribution >= 0.6 is 0 Å². The number of ketones is 1. The lowest BCUT2D eigenvalue weighted by molar-refractivity contribution is -0.236. The van der Waals surface area contributed by atoms with Crippen molar-refractivity contribution in [1.82, 2.24) is 0 Å². The quantitative estimate of drug-likeness (QED) is 0.172. The fraction of sp³-hybridized carbons (Fsp3) is 0.613. The van der Waals surface area contributed by atoms with Crippen molar-refractivity contribution in [2.75, 3.05) is 7.11 Å². The molecule has 42 heavy (non-hydrogen) atoms. The average Bonchev–Trinajstić information content (AvgIpc) is 3.42. The molecule has 11 heteroatoms. The molecule has 0 radical (unpaired) electrons. The monoisotopic (exact) mass is 584 g/mol. The van der Waals surface area contributed by atoms with Crippen LogP contribution < -0.4 is 0 Å². The third kappa shape index (κ3) is 3.27. The minimum absolute atomic E-state index is 0.0598. The predicted molar refractivity (Wildman–Crippen MR) is 142 cm³/mol. The number of furan rings is 1. The van der Waals surface area contributed by atoms with Gasteiger partial charge in [-0.3, -0.25) is 9.59 Å². The fourth-order valence-electron chi connectivity index (χ4n) is 9.20. The zero-order valence-electron chi connectivity index (χ0n) is 24.4. The Morgan fingerprint density at radius 3 is 2.52 bits per heavy atom. The third-order valence-corrected chi connectivity index (χ3v) is 10.8. The standard InChI is InChI=1S/C31H36O11/c1-7-8-18(32)41-25-27(2,3)21(20(34)23(35)38-6)29(5)16-9-11-28(4)17(31(16)26(42-31)30(25,37)24(29)36)13-19(33)40-22(28)15-10-12-39-14-15/h7-10,12,14,17,20-22,25-26,34,37H,11,13H2,1-6H3. The van der Waals surface area contributed by atoms with Gasteiger partial charge in [0.15, 0.2) is 17.5 Å². The molecule has 1 aromatic heterocycles. The molecule has 10 unspecified atom stereocenters. The molecule has 1 spiro atoms. The van der Waals surface area contributed by atoms with E-state index in [1.54, 1.807) is 33.8 Å². The maximum Gasteiger partial charge on any atom is 0.335 e. The number of cyclic esters (lactones) is 1. The smallest absolute Gasteiger partial charge is 0.335 e. The highest BCUT2D eigenvalue weighted by atomic mass is 16.6. The molecule has 3 heterocycles. The number of allylic oxidation sites excluding steroid dienone is 2. The number of carbonyl (C=O) groups excluding carboxylic acids is 4. The molecular weight excluding hydrogens is 548 g/mol. The highest BCUT2D eigenvalue weighted by molar-refractivity contribution is 6.02. The van der Waals surface area contributed by atoms with Crippen LogP contribution in [0.5, 0.6) is 0 Å². The molecule has 11 nitrogen and oxygen atoms in total. The van der Waals surface area contributed by atoms with Gasteiger partial charge in [-0.15, -0.1) is 0 Å². The number of hydrogen-bond donors (Lipinski definition) is 2. The van der Waals surface area contributed by atoms with Gasteiger partial charge in [0.1, 0.15) is 23.9 Å². The van der Waals surface area contributed by atoms with Gasteiger partial charge in [0, 0.05) is 34.3 Å². The average molecular weight is 585 g/mol. The molecule has 0 aromatic carbocycles. The molecule has 2 saturated heterocycles. The Kier molecular flexibility index (Phi) is 6.09. The predicted octanol–water partition coefficient (Wildman–Crippen LogP) is 2.36. The maximum absolute atomic E-state index is 14.6. The summed E-state index contributed by atoms with van der Waals surface area (Å²) in [6, 6.07) is 1.73. The van der Waals surface area contributed by atoms with Gasteiger partial charge in [-0.1, -0.05) is 32.9 Å². The number of Topliss-reactive ketones (excluding diaryl/α,β-unsaturated/α-hetero) is 1. The van der Waals surface area contributed by atoms with Crippen LogP contribution in [0.1, 0.15) is 59.1 Å². The first-order valence-electron chi connectivity index (χ1n) is 14.1. The summed E-state index contributed by atoms with van der Waals surface area (Å²) >= 11 is 0. The van der Waals surface area contributed by atoms with Gasteiger partial charge < -0.3 is 33.6 Å². The largest absolute Gasteiger partial charge is 0.472 e. The number of aliphatic hydroxyl groups excluding tert-OH is 1. The summed E-state index contributed by atoms with van der Waals surface area (Å²) < 4.78 is 28.3. The topological polar surface area (TPSA) is 162 Å². The van der Waals surface area contributed by atoms with E-state index >= 15 is 0 Å². The third-order valence-electron chi connectivity index (χ3n) is 10.8. The SMILES string of the molecule is CC=CC(=O)OC1C(C)(C)C(C(O)C(=O)OC)C2(C)C(=O)C1(O)C1OC13C2=CCC1(C)C(c2ccoc2)OC(=O)CC13. The van der Waals surface area contributed by atoms with Gasteiger partial charge in [0.05, 0.1) is 31.5 Å². The molecule has 4 fully saturated rings. The second kappa shape index (κ2) is 8.87. The van der Waals surface area contributed by atoms with Crippen molar-refractivity contribution in [3.05, 3.63) is 48.0 Å². The highest BCUT2D eigenvalue weighted by Crippen LogP contribution is 2.77. The van der Waals surface area contributed by atoms with Gasteiger partial charge in [-0.25, -0.2) is 9.59 Å². The molecule has 10 atom stereocenters. The Labute approximate surface area is 242 Å². The number of ether oxygens (including phenoxy) is 4.